The van der Waals surface area contributed by atoms with Gasteiger partial charge in [0.15, 0.2) is 12.4 Å². The van der Waals surface area contributed by atoms with Crippen LogP contribution in [0, 0.1) is 5.92 Å². The van der Waals surface area contributed by atoms with Gasteiger partial charge in [0.25, 0.3) is 5.91 Å². The highest BCUT2D eigenvalue weighted by Crippen LogP contribution is 2.29. The first-order valence-corrected chi connectivity index (χ1v) is 11.4. The Morgan fingerprint density at radius 1 is 1.29 bits per heavy atom. The molecule has 4 N–H and O–H groups in total. The minimum absolute atomic E-state index is 0.0165. The predicted molar refractivity (Wildman–Crippen MR) is 127 cm³/mol. The molecule has 0 radical (unpaired) electrons. The van der Waals surface area contributed by atoms with Gasteiger partial charge in [-0.25, -0.2) is 4.98 Å². The third kappa shape index (κ3) is 5.00. The van der Waals surface area contributed by atoms with Gasteiger partial charge in [-0.05, 0) is 37.5 Å². The van der Waals surface area contributed by atoms with E-state index in [1.807, 2.05) is 0 Å². The van der Waals surface area contributed by atoms with Crippen LogP contribution in [0.2, 0.25) is 0 Å². The number of aliphatic hydroxyl groups is 1. The van der Waals surface area contributed by atoms with E-state index >= 15 is 0 Å². The fourth-order valence-corrected chi connectivity index (χ4v) is 4.44. The van der Waals surface area contributed by atoms with E-state index in [1.165, 1.54) is 7.11 Å². The molecular weight excluding hydrogens is 452 g/mol. The van der Waals surface area contributed by atoms with Crippen molar-refractivity contribution in [3.05, 3.63) is 42.4 Å². The Kier molecular flexibility index (Phi) is 6.43. The molecule has 4 heterocycles. The molecule has 35 heavy (non-hydrogen) atoms. The number of pyridine rings is 3. The second-order valence-electron chi connectivity index (χ2n) is 8.64. The number of ether oxygens (including phenoxy) is 2. The number of amides is 2. The van der Waals surface area contributed by atoms with Crippen molar-refractivity contribution < 1.29 is 24.2 Å². The van der Waals surface area contributed by atoms with Crippen LogP contribution in [0.25, 0.3) is 11.0 Å². The summed E-state index contributed by atoms with van der Waals surface area (Å²) >= 11 is 0. The van der Waals surface area contributed by atoms with Gasteiger partial charge >= 0.3 is 0 Å². The zero-order chi connectivity index (χ0) is 24.4. The third-order valence-electron chi connectivity index (χ3n) is 6.32. The van der Waals surface area contributed by atoms with Crippen molar-refractivity contribution in [2.45, 2.75) is 38.0 Å². The number of hydrogen-bond acceptors (Lipinski definition) is 9. The number of carbonyl (C=O) groups excluding carboxylic acids is 2. The van der Waals surface area contributed by atoms with Crippen LogP contribution >= 0.6 is 0 Å². The zero-order valence-electron chi connectivity index (χ0n) is 19.2. The molecule has 2 amide bonds. The van der Waals surface area contributed by atoms with Crippen LogP contribution in [-0.2, 0) is 16.1 Å². The molecule has 0 bridgehead atoms. The number of aromatic nitrogens is 3. The number of nitrogens with zero attached hydrogens (tertiary/aromatic N) is 3. The fraction of sp³-hybridized carbons (Fsp3) is 0.375. The van der Waals surface area contributed by atoms with E-state index in [2.05, 4.69) is 30.9 Å². The number of anilines is 2. The van der Waals surface area contributed by atoms with Crippen LogP contribution < -0.4 is 25.4 Å². The van der Waals surface area contributed by atoms with Crippen molar-refractivity contribution in [3.63, 3.8) is 0 Å². The summed E-state index contributed by atoms with van der Waals surface area (Å²) in [6.07, 6.45) is 4.11. The lowest BCUT2D eigenvalue weighted by Gasteiger charge is -2.33. The maximum atomic E-state index is 13.0. The van der Waals surface area contributed by atoms with Crippen LogP contribution in [0.5, 0.6) is 11.6 Å². The van der Waals surface area contributed by atoms with E-state index in [-0.39, 0.29) is 30.4 Å². The molecule has 3 atom stereocenters. The van der Waals surface area contributed by atoms with Gasteiger partial charge in [-0.1, -0.05) is 0 Å². The summed E-state index contributed by atoms with van der Waals surface area (Å²) in [7, 11) is 1.53. The number of aliphatic hydroxyl groups excluding tert-OH is 1. The molecule has 1 saturated carbocycles. The van der Waals surface area contributed by atoms with Crippen LogP contribution in [0.3, 0.4) is 0 Å². The molecule has 0 aromatic carbocycles. The van der Waals surface area contributed by atoms with Gasteiger partial charge in [-0.2, -0.15) is 0 Å². The predicted octanol–water partition coefficient (Wildman–Crippen LogP) is 1.62. The summed E-state index contributed by atoms with van der Waals surface area (Å²) in [5.41, 5.74) is 3.07. The van der Waals surface area contributed by atoms with Crippen molar-refractivity contribution >= 4 is 34.2 Å². The molecule has 3 aromatic heterocycles. The summed E-state index contributed by atoms with van der Waals surface area (Å²) < 4.78 is 10.5. The summed E-state index contributed by atoms with van der Waals surface area (Å²) in [5, 5.41) is 19.8. The van der Waals surface area contributed by atoms with Crippen LogP contribution in [0.4, 0.5) is 11.4 Å². The van der Waals surface area contributed by atoms with Gasteiger partial charge in [0.2, 0.25) is 11.8 Å². The van der Waals surface area contributed by atoms with Crippen molar-refractivity contribution in [3.8, 4) is 11.6 Å². The highest BCUT2D eigenvalue weighted by Gasteiger charge is 2.33. The smallest absolute Gasteiger partial charge is 0.262 e. The minimum Gasteiger partial charge on any atom is -0.481 e. The molecule has 11 nitrogen and oxygen atoms in total. The van der Waals surface area contributed by atoms with E-state index in [0.29, 0.717) is 65.5 Å². The topological polar surface area (TPSA) is 148 Å². The first-order valence-electron chi connectivity index (χ1n) is 11.4. The number of rotatable bonds is 6. The van der Waals surface area contributed by atoms with E-state index in [1.54, 1.807) is 36.7 Å². The van der Waals surface area contributed by atoms with Gasteiger partial charge in [-0.3, -0.25) is 19.6 Å². The second-order valence-corrected chi connectivity index (χ2v) is 8.64. The quantitative estimate of drug-likeness (QED) is 0.415. The minimum atomic E-state index is -0.687. The second kappa shape index (κ2) is 9.80. The Morgan fingerprint density at radius 3 is 3.00 bits per heavy atom. The van der Waals surface area contributed by atoms with Crippen molar-refractivity contribution in [1.82, 2.24) is 20.3 Å². The summed E-state index contributed by atoms with van der Waals surface area (Å²) in [6, 6.07) is 6.79. The Morgan fingerprint density at radius 2 is 2.17 bits per heavy atom. The van der Waals surface area contributed by atoms with E-state index in [0.717, 1.165) is 0 Å². The Hall–Kier alpha value is -3.83. The monoisotopic (exact) mass is 478 g/mol. The number of nitrogens with one attached hydrogen (secondary N) is 3. The van der Waals surface area contributed by atoms with E-state index in [9.17, 15) is 14.7 Å². The summed E-state index contributed by atoms with van der Waals surface area (Å²) in [4.78, 5) is 37.5. The molecule has 1 fully saturated rings. The number of hydrogen-bond donors (Lipinski definition) is 4. The van der Waals surface area contributed by atoms with Crippen molar-refractivity contribution in [1.29, 1.82) is 0 Å². The normalized spacial score (nSPS) is 21.5. The molecule has 1 aliphatic heterocycles. The van der Waals surface area contributed by atoms with E-state index in [4.69, 9.17) is 9.47 Å². The zero-order valence-corrected chi connectivity index (χ0v) is 19.2. The average molecular weight is 479 g/mol. The standard InChI is InChI=1S/C24H26N6O5/c1-34-22-5-4-16-23(30-22)17(6-7-25-16)29-24(33)13-2-3-15(19(31)8-13)27-10-14-9-18-20(11-26-14)35-12-21(32)28-18/h4-7,9,11,13,15,19,27,31H,2-3,8,10,12H2,1H3,(H,28,32)(H,25,29,33)/t13?,15-,19-/m1/s1. The number of methoxy groups -OCH3 is 1. The van der Waals surface area contributed by atoms with Gasteiger partial charge < -0.3 is 30.5 Å². The highest BCUT2D eigenvalue weighted by molar-refractivity contribution is 6.00. The first-order chi connectivity index (χ1) is 17.0. The van der Waals surface area contributed by atoms with Crippen molar-refractivity contribution in [2.75, 3.05) is 24.4 Å². The van der Waals surface area contributed by atoms with Gasteiger partial charge in [0.1, 0.15) is 5.52 Å². The molecule has 0 spiro atoms. The van der Waals surface area contributed by atoms with E-state index < -0.39 is 6.10 Å². The maximum Gasteiger partial charge on any atom is 0.262 e. The average Bonchev–Trinajstić information content (AvgIpc) is 2.87. The Labute approximate surface area is 201 Å². The van der Waals surface area contributed by atoms with Gasteiger partial charge in [-0.15, -0.1) is 0 Å². The molecular formula is C24H26N6O5. The molecule has 3 aromatic rings. The fourth-order valence-electron chi connectivity index (χ4n) is 4.44. The SMILES string of the molecule is COc1ccc2nccc(NC(=O)C3CC[C@@H](NCc4cc5c(cn4)OCC(=O)N5)[C@H](O)C3)c2n1. The Balaban J connectivity index is 1.18. The highest BCUT2D eigenvalue weighted by atomic mass is 16.5. The lowest BCUT2D eigenvalue weighted by atomic mass is 9.83. The molecule has 1 aliphatic carbocycles. The molecule has 2 aliphatic rings. The first kappa shape index (κ1) is 22.9. The van der Waals surface area contributed by atoms with Crippen LogP contribution in [-0.4, -0.2) is 57.7 Å². The molecule has 182 valence electrons. The third-order valence-corrected chi connectivity index (χ3v) is 6.32. The molecule has 1 unspecified atom stereocenters. The maximum absolute atomic E-state index is 13.0. The molecule has 11 heteroatoms. The summed E-state index contributed by atoms with van der Waals surface area (Å²) in [5.74, 6) is 0.281. The van der Waals surface area contributed by atoms with Gasteiger partial charge in [0.05, 0.1) is 42.0 Å². The number of fused-ring (bicyclic) bond motifs is 2. The lowest BCUT2D eigenvalue weighted by Crippen LogP contribution is -2.46. The summed E-state index contributed by atoms with van der Waals surface area (Å²) in [6.45, 7) is 0.398. The number of carbonyl (C=O) groups is 2. The van der Waals surface area contributed by atoms with Crippen LogP contribution in [0.15, 0.2) is 36.7 Å². The lowest BCUT2D eigenvalue weighted by molar-refractivity contribution is -0.122. The van der Waals surface area contributed by atoms with Crippen molar-refractivity contribution in [2.24, 2.45) is 5.92 Å². The van der Waals surface area contributed by atoms with Gasteiger partial charge in [0, 0.05) is 30.8 Å². The Bertz CT molecular complexity index is 1270. The molecule has 5 rings (SSSR count). The molecule has 0 saturated heterocycles. The van der Waals surface area contributed by atoms with Crippen LogP contribution in [0.1, 0.15) is 25.0 Å². The largest absolute Gasteiger partial charge is 0.481 e.